The molecule has 33 heavy (non-hydrogen) atoms. The van der Waals surface area contributed by atoms with Gasteiger partial charge in [-0.2, -0.15) is 0 Å². The number of allylic oxidation sites excluding steroid dienone is 4. The smallest absolute Gasteiger partial charge is 0.407 e. The predicted molar refractivity (Wildman–Crippen MR) is 131 cm³/mol. The lowest BCUT2D eigenvalue weighted by molar-refractivity contribution is -0.138. The second kappa shape index (κ2) is 13.1. The summed E-state index contributed by atoms with van der Waals surface area (Å²) in [5.74, 6) is -0.400. The number of phenolic OH excluding ortho intramolecular Hbond substituents is 1. The number of benzene rings is 1. The third-order valence-electron chi connectivity index (χ3n) is 6.06. The molecule has 1 heterocycles. The molecule has 6 nitrogen and oxygen atoms in total. The number of amides is 1. The van der Waals surface area contributed by atoms with E-state index in [0.29, 0.717) is 30.7 Å². The number of nitrogens with zero attached hydrogens (tertiary/aromatic N) is 1. The van der Waals surface area contributed by atoms with Crippen molar-refractivity contribution in [1.29, 1.82) is 0 Å². The Morgan fingerprint density at radius 2 is 1.94 bits per heavy atom. The van der Waals surface area contributed by atoms with E-state index in [4.69, 9.17) is 9.84 Å². The molecule has 1 amide bonds. The van der Waals surface area contributed by atoms with Crippen LogP contribution in [0.1, 0.15) is 77.3 Å². The molecule has 182 valence electrons. The number of phenols is 1. The van der Waals surface area contributed by atoms with E-state index in [1.807, 2.05) is 6.07 Å². The minimum absolute atomic E-state index is 0.138. The van der Waals surface area contributed by atoms with Crippen molar-refractivity contribution in [1.82, 2.24) is 4.90 Å². The minimum atomic E-state index is -1.02. The van der Waals surface area contributed by atoms with E-state index < -0.39 is 18.0 Å². The van der Waals surface area contributed by atoms with E-state index in [0.717, 1.165) is 44.1 Å². The number of rotatable bonds is 11. The lowest BCUT2D eigenvalue weighted by Gasteiger charge is -2.16. The lowest BCUT2D eigenvalue weighted by atomic mass is 10.00. The van der Waals surface area contributed by atoms with Gasteiger partial charge >= 0.3 is 12.1 Å². The first-order chi connectivity index (χ1) is 15.7. The Morgan fingerprint density at radius 3 is 2.58 bits per heavy atom. The summed E-state index contributed by atoms with van der Waals surface area (Å²) in [6.45, 7) is 8.86. The largest absolute Gasteiger partial charge is 0.508 e. The number of likely N-dealkylation sites (tertiary alicyclic amines) is 1. The molecule has 1 unspecified atom stereocenters. The molecule has 0 bridgehead atoms. The maximum atomic E-state index is 12.8. The van der Waals surface area contributed by atoms with Gasteiger partial charge in [0.25, 0.3) is 0 Å². The van der Waals surface area contributed by atoms with Gasteiger partial charge in [0.15, 0.2) is 0 Å². The number of unbranched alkanes of at least 4 members (excludes halogenated alkanes) is 2. The molecule has 0 aromatic heterocycles. The third kappa shape index (κ3) is 8.60. The monoisotopic (exact) mass is 457 g/mol. The fourth-order valence-corrected chi connectivity index (χ4v) is 3.99. The highest BCUT2D eigenvalue weighted by Gasteiger charge is 2.32. The molecule has 1 aliphatic heterocycles. The quantitative estimate of drug-likeness (QED) is 0.177. The van der Waals surface area contributed by atoms with Gasteiger partial charge in [-0.05, 0) is 77.0 Å². The lowest BCUT2D eigenvalue weighted by Crippen LogP contribution is -2.29. The average molecular weight is 458 g/mol. The molecule has 1 atom stereocenters. The van der Waals surface area contributed by atoms with Crippen molar-refractivity contribution >= 4 is 12.1 Å². The molecule has 2 rings (SSSR count). The van der Waals surface area contributed by atoms with Crippen molar-refractivity contribution in [3.63, 3.8) is 0 Å². The zero-order valence-electron chi connectivity index (χ0n) is 20.5. The van der Waals surface area contributed by atoms with Crippen LogP contribution in [0.2, 0.25) is 0 Å². The molecule has 0 radical (unpaired) electrons. The first-order valence-corrected chi connectivity index (χ1v) is 12.0. The fraction of sp³-hybridized carbons (Fsp3) is 0.556. The summed E-state index contributed by atoms with van der Waals surface area (Å²) in [7, 11) is 0. The summed E-state index contributed by atoms with van der Waals surface area (Å²) in [4.78, 5) is 25.2. The van der Waals surface area contributed by atoms with Crippen molar-refractivity contribution in [3.05, 3.63) is 46.6 Å². The van der Waals surface area contributed by atoms with Crippen molar-refractivity contribution in [2.75, 3.05) is 13.1 Å². The van der Waals surface area contributed by atoms with E-state index in [1.165, 1.54) is 16.0 Å². The molecule has 2 N–H and O–H groups in total. The first-order valence-electron chi connectivity index (χ1n) is 12.0. The van der Waals surface area contributed by atoms with Gasteiger partial charge in [-0.3, -0.25) is 4.79 Å². The SMILES string of the molecule is CCCCCc1cc(O)c(CC=C(C)CCC=C(C)C)c(OC(=O)C2CCN(C(=O)O)C2)c1. The summed E-state index contributed by atoms with van der Waals surface area (Å²) < 4.78 is 5.77. The molecule has 1 aliphatic rings. The van der Waals surface area contributed by atoms with Crippen LogP contribution in [-0.2, 0) is 17.6 Å². The fourth-order valence-electron chi connectivity index (χ4n) is 3.99. The number of carbonyl (C=O) groups is 2. The summed E-state index contributed by atoms with van der Waals surface area (Å²) in [5, 5.41) is 19.9. The predicted octanol–water partition coefficient (Wildman–Crippen LogP) is 6.27. The second-order valence-electron chi connectivity index (χ2n) is 9.26. The minimum Gasteiger partial charge on any atom is -0.508 e. The Bertz CT molecular complexity index is 883. The van der Waals surface area contributed by atoms with Gasteiger partial charge in [-0.15, -0.1) is 0 Å². The van der Waals surface area contributed by atoms with Crippen LogP contribution >= 0.6 is 0 Å². The zero-order valence-corrected chi connectivity index (χ0v) is 20.5. The van der Waals surface area contributed by atoms with Gasteiger partial charge in [0.05, 0.1) is 5.92 Å². The van der Waals surface area contributed by atoms with Crippen molar-refractivity contribution in [2.24, 2.45) is 5.92 Å². The summed E-state index contributed by atoms with van der Waals surface area (Å²) in [6.07, 6.45) is 10.1. The molecule has 1 saturated heterocycles. The van der Waals surface area contributed by atoms with E-state index in [2.05, 4.69) is 39.8 Å². The van der Waals surface area contributed by atoms with Gasteiger partial charge in [-0.1, -0.05) is 43.1 Å². The Balaban J connectivity index is 2.20. The second-order valence-corrected chi connectivity index (χ2v) is 9.26. The summed E-state index contributed by atoms with van der Waals surface area (Å²) in [5.41, 5.74) is 4.04. The zero-order chi connectivity index (χ0) is 24.4. The van der Waals surface area contributed by atoms with E-state index in [-0.39, 0.29) is 12.3 Å². The highest BCUT2D eigenvalue weighted by molar-refractivity contribution is 5.78. The van der Waals surface area contributed by atoms with Gasteiger partial charge in [0.2, 0.25) is 0 Å². The number of hydrogen-bond acceptors (Lipinski definition) is 4. The van der Waals surface area contributed by atoms with Crippen LogP contribution in [0.15, 0.2) is 35.4 Å². The van der Waals surface area contributed by atoms with E-state index in [9.17, 15) is 14.7 Å². The highest BCUT2D eigenvalue weighted by atomic mass is 16.5. The molecule has 1 fully saturated rings. The van der Waals surface area contributed by atoms with E-state index in [1.54, 1.807) is 6.07 Å². The summed E-state index contributed by atoms with van der Waals surface area (Å²) in [6, 6.07) is 3.63. The van der Waals surface area contributed by atoms with Crippen molar-refractivity contribution in [3.8, 4) is 11.5 Å². The molecule has 0 spiro atoms. The van der Waals surface area contributed by atoms with Crippen LogP contribution < -0.4 is 4.74 Å². The van der Waals surface area contributed by atoms with Crippen LogP contribution in [0.5, 0.6) is 11.5 Å². The standard InChI is InChI=1S/C27H39NO5/c1-5-6-7-11-21-16-24(29)23(13-12-20(4)10-8-9-19(2)3)25(17-21)33-26(30)22-14-15-28(18-22)27(31)32/h9,12,16-17,22,29H,5-8,10-11,13-15,18H2,1-4H3,(H,31,32). The molecule has 0 aliphatic carbocycles. The highest BCUT2D eigenvalue weighted by Crippen LogP contribution is 2.33. The molecular weight excluding hydrogens is 418 g/mol. The van der Waals surface area contributed by atoms with Gasteiger partial charge in [-0.25, -0.2) is 4.79 Å². The number of ether oxygens (including phenoxy) is 1. The first kappa shape index (κ1) is 26.5. The molecule has 0 saturated carbocycles. The number of aryl methyl sites for hydroxylation is 1. The van der Waals surface area contributed by atoms with Crippen LogP contribution in [0.25, 0.3) is 0 Å². The third-order valence-corrected chi connectivity index (χ3v) is 6.06. The van der Waals surface area contributed by atoms with Gasteiger partial charge in [0, 0.05) is 18.7 Å². The van der Waals surface area contributed by atoms with Crippen molar-refractivity contribution in [2.45, 2.75) is 79.1 Å². The topological polar surface area (TPSA) is 87.1 Å². The summed E-state index contributed by atoms with van der Waals surface area (Å²) >= 11 is 0. The Morgan fingerprint density at radius 1 is 1.18 bits per heavy atom. The molecular formula is C27H39NO5. The van der Waals surface area contributed by atoms with Gasteiger partial charge in [0.1, 0.15) is 11.5 Å². The van der Waals surface area contributed by atoms with E-state index >= 15 is 0 Å². The maximum absolute atomic E-state index is 12.8. The Labute approximate surface area is 197 Å². The number of carboxylic acid groups (broad SMARTS) is 1. The Kier molecular flexibility index (Phi) is 10.5. The maximum Gasteiger partial charge on any atom is 0.407 e. The van der Waals surface area contributed by atoms with Crippen LogP contribution in [0, 0.1) is 5.92 Å². The average Bonchev–Trinajstić information content (AvgIpc) is 3.24. The number of esters is 1. The Hall–Kier alpha value is -2.76. The van der Waals surface area contributed by atoms with Gasteiger partial charge < -0.3 is 19.8 Å². The van der Waals surface area contributed by atoms with Crippen LogP contribution in [0.3, 0.4) is 0 Å². The normalized spacial score (nSPS) is 16.1. The number of carbonyl (C=O) groups excluding carboxylic acids is 1. The number of hydrogen-bond donors (Lipinski definition) is 2. The van der Waals surface area contributed by atoms with Crippen LogP contribution in [0.4, 0.5) is 4.79 Å². The molecule has 1 aromatic rings. The number of aromatic hydroxyl groups is 1. The molecule has 6 heteroatoms. The van der Waals surface area contributed by atoms with Crippen LogP contribution in [-0.4, -0.2) is 40.3 Å². The molecule has 1 aromatic carbocycles. The van der Waals surface area contributed by atoms with Crippen molar-refractivity contribution < 1.29 is 24.5 Å².